The van der Waals surface area contributed by atoms with Gasteiger partial charge in [-0.05, 0) is 50.2 Å². The highest BCUT2D eigenvalue weighted by atomic mass is 35.5. The summed E-state index contributed by atoms with van der Waals surface area (Å²) in [5.41, 5.74) is 4.45. The number of aromatic nitrogens is 1. The number of hydrogen-bond acceptors (Lipinski definition) is 2. The van der Waals surface area contributed by atoms with E-state index in [-0.39, 0.29) is 12.4 Å². The maximum atomic E-state index is 5.94. The minimum Gasteiger partial charge on any atom is -1.00 e. The van der Waals surface area contributed by atoms with Crippen LogP contribution in [0.5, 0.6) is 0 Å². The molecule has 34 heavy (non-hydrogen) atoms. The van der Waals surface area contributed by atoms with Crippen molar-refractivity contribution in [1.29, 1.82) is 0 Å². The van der Waals surface area contributed by atoms with E-state index in [0.29, 0.717) is 0 Å². The van der Waals surface area contributed by atoms with Crippen molar-refractivity contribution in [1.82, 2.24) is 5.16 Å². The van der Waals surface area contributed by atoms with Crippen molar-refractivity contribution in [2.24, 2.45) is 0 Å². The largest absolute Gasteiger partial charge is 1.00 e. The Morgan fingerprint density at radius 2 is 1.06 bits per heavy atom. The quantitative estimate of drug-likeness (QED) is 0.346. The topological polar surface area (TPSA) is 26.0 Å². The molecule has 0 aliphatic rings. The predicted molar refractivity (Wildman–Crippen MR) is 140 cm³/mol. The third kappa shape index (κ3) is 4.44. The van der Waals surface area contributed by atoms with Crippen LogP contribution in [0, 0.1) is 13.8 Å². The van der Waals surface area contributed by atoms with E-state index in [1.807, 2.05) is 0 Å². The van der Waals surface area contributed by atoms with Crippen LogP contribution in [-0.2, 0) is 6.16 Å². The molecule has 5 rings (SSSR count). The fourth-order valence-corrected chi connectivity index (χ4v) is 8.84. The Morgan fingerprint density at radius 1 is 0.618 bits per heavy atom. The molecule has 0 radical (unpaired) electrons. The molecule has 2 nitrogen and oxygen atoms in total. The lowest BCUT2D eigenvalue weighted by Gasteiger charge is -2.27. The second kappa shape index (κ2) is 10.4. The highest BCUT2D eigenvalue weighted by Gasteiger charge is 2.47. The van der Waals surface area contributed by atoms with E-state index < -0.39 is 7.26 Å². The average molecular weight is 484 g/mol. The van der Waals surface area contributed by atoms with Gasteiger partial charge in [0, 0.05) is 5.56 Å². The van der Waals surface area contributed by atoms with Crippen LogP contribution >= 0.6 is 7.26 Å². The maximum Gasteiger partial charge on any atom is 0.173 e. The normalized spacial score (nSPS) is 11.1. The van der Waals surface area contributed by atoms with Gasteiger partial charge in [-0.1, -0.05) is 89.6 Å². The van der Waals surface area contributed by atoms with Crippen molar-refractivity contribution in [3.05, 3.63) is 132 Å². The first-order valence-electron chi connectivity index (χ1n) is 11.3. The summed E-state index contributed by atoms with van der Waals surface area (Å²) in [6.07, 6.45) is 0.851. The lowest BCUT2D eigenvalue weighted by molar-refractivity contribution is -0.00000692. The molecule has 0 fully saturated rings. The molecule has 0 amide bonds. The molecule has 0 unspecified atom stereocenters. The molecular formula is C30H27ClNOP. The summed E-state index contributed by atoms with van der Waals surface area (Å²) in [6, 6.07) is 41.4. The smallest absolute Gasteiger partial charge is 0.173 e. The van der Waals surface area contributed by atoms with E-state index in [1.165, 1.54) is 27.0 Å². The van der Waals surface area contributed by atoms with Gasteiger partial charge in [0.15, 0.2) is 5.76 Å². The first-order valence-corrected chi connectivity index (χ1v) is 13.2. The van der Waals surface area contributed by atoms with Gasteiger partial charge < -0.3 is 16.9 Å². The molecule has 0 aliphatic carbocycles. The molecule has 4 heteroatoms. The summed E-state index contributed by atoms with van der Waals surface area (Å²) in [7, 11) is -2.03. The monoisotopic (exact) mass is 483 g/mol. The van der Waals surface area contributed by atoms with Crippen LogP contribution in [0.2, 0.25) is 0 Å². The van der Waals surface area contributed by atoms with Gasteiger partial charge in [0.1, 0.15) is 29.3 Å². The molecule has 170 valence electrons. The first-order chi connectivity index (χ1) is 16.2. The summed E-state index contributed by atoms with van der Waals surface area (Å²) in [6.45, 7) is 4.17. The SMILES string of the molecule is Cc1ccc(-c2onc(C)c2C[P+](c2ccccc2)(c2ccccc2)c2ccccc2)cc1.[Cl-]. The zero-order chi connectivity index (χ0) is 22.7. The van der Waals surface area contributed by atoms with Crippen LogP contribution in [0.4, 0.5) is 0 Å². The minimum atomic E-state index is -2.03. The minimum absolute atomic E-state index is 0. The second-order valence-electron chi connectivity index (χ2n) is 8.42. The Balaban J connectivity index is 0.00000274. The molecule has 0 atom stereocenters. The molecule has 0 bridgehead atoms. The number of halogens is 1. The van der Waals surface area contributed by atoms with E-state index in [1.54, 1.807) is 0 Å². The Labute approximate surface area is 208 Å². The highest BCUT2D eigenvalue weighted by Crippen LogP contribution is 2.59. The summed E-state index contributed by atoms with van der Waals surface area (Å²) < 4.78 is 5.94. The lowest BCUT2D eigenvalue weighted by Crippen LogP contribution is -3.00. The number of aryl methyl sites for hydroxylation is 2. The van der Waals surface area contributed by atoms with Gasteiger partial charge in [0.05, 0.1) is 11.3 Å². The molecular weight excluding hydrogens is 457 g/mol. The highest BCUT2D eigenvalue weighted by molar-refractivity contribution is 7.95. The summed E-state index contributed by atoms with van der Waals surface area (Å²) >= 11 is 0. The van der Waals surface area contributed by atoms with Gasteiger partial charge in [-0.25, -0.2) is 0 Å². The van der Waals surface area contributed by atoms with Gasteiger partial charge in [-0.3, -0.25) is 0 Å². The molecule has 4 aromatic carbocycles. The zero-order valence-corrected chi connectivity index (χ0v) is 21.0. The Bertz CT molecular complexity index is 1240. The van der Waals surface area contributed by atoms with Crippen molar-refractivity contribution in [3.8, 4) is 11.3 Å². The molecule has 0 aliphatic heterocycles. The Kier molecular flexibility index (Phi) is 7.32. The van der Waals surface area contributed by atoms with E-state index in [9.17, 15) is 0 Å². The summed E-state index contributed by atoms with van der Waals surface area (Å²) in [5, 5.41) is 8.50. The van der Waals surface area contributed by atoms with Crippen molar-refractivity contribution in [2.75, 3.05) is 0 Å². The molecule has 0 saturated heterocycles. The molecule has 0 N–H and O–H groups in total. The summed E-state index contributed by atoms with van der Waals surface area (Å²) in [4.78, 5) is 0. The van der Waals surface area contributed by atoms with Crippen molar-refractivity contribution in [3.63, 3.8) is 0 Å². The Morgan fingerprint density at radius 3 is 1.50 bits per heavy atom. The van der Waals surface area contributed by atoms with Crippen molar-refractivity contribution < 1.29 is 16.9 Å². The van der Waals surface area contributed by atoms with E-state index >= 15 is 0 Å². The molecule has 1 aromatic heterocycles. The lowest BCUT2D eigenvalue weighted by atomic mass is 10.1. The first kappa shape index (κ1) is 24.0. The molecule has 0 spiro atoms. The van der Waals surface area contributed by atoms with Gasteiger partial charge in [0.2, 0.25) is 0 Å². The van der Waals surface area contributed by atoms with Gasteiger partial charge >= 0.3 is 0 Å². The predicted octanol–water partition coefficient (Wildman–Crippen LogP) is 3.46. The van der Waals surface area contributed by atoms with Crippen LogP contribution in [0.3, 0.4) is 0 Å². The molecule has 5 aromatic rings. The number of benzene rings is 4. The van der Waals surface area contributed by atoms with Gasteiger partial charge in [-0.2, -0.15) is 0 Å². The standard InChI is InChI=1S/C30H27NOP.ClH/c1-23-18-20-25(21-19-23)30-29(24(2)31-32-30)22-33(26-12-6-3-7-13-26,27-14-8-4-9-15-27)28-16-10-5-11-17-28;/h3-21H,22H2,1-2H3;1H/q+1;/p-1. The van der Waals surface area contributed by atoms with Crippen molar-refractivity contribution in [2.45, 2.75) is 20.0 Å². The number of hydrogen-bond donors (Lipinski definition) is 0. The fraction of sp³-hybridized carbons (Fsp3) is 0.100. The zero-order valence-electron chi connectivity index (χ0n) is 19.4. The molecule has 0 saturated carbocycles. The van der Waals surface area contributed by atoms with Crippen LogP contribution in [-0.4, -0.2) is 5.16 Å². The maximum absolute atomic E-state index is 5.94. The average Bonchev–Trinajstić information content (AvgIpc) is 3.24. The van der Waals surface area contributed by atoms with E-state index in [2.05, 4.69) is 134 Å². The van der Waals surface area contributed by atoms with Gasteiger partial charge in [0.25, 0.3) is 0 Å². The van der Waals surface area contributed by atoms with Crippen LogP contribution in [0.15, 0.2) is 120 Å². The van der Waals surface area contributed by atoms with Crippen molar-refractivity contribution >= 4 is 23.2 Å². The van der Waals surface area contributed by atoms with Crippen LogP contribution in [0.1, 0.15) is 16.8 Å². The number of rotatable bonds is 6. The van der Waals surface area contributed by atoms with Crippen LogP contribution in [0.25, 0.3) is 11.3 Å². The van der Waals surface area contributed by atoms with E-state index in [0.717, 1.165) is 23.2 Å². The summed E-state index contributed by atoms with van der Waals surface area (Å²) in [5.74, 6) is 0.875. The van der Waals surface area contributed by atoms with Gasteiger partial charge in [-0.15, -0.1) is 0 Å². The third-order valence-electron chi connectivity index (χ3n) is 6.28. The molecule has 1 heterocycles. The van der Waals surface area contributed by atoms with Crippen LogP contribution < -0.4 is 28.3 Å². The third-order valence-corrected chi connectivity index (χ3v) is 10.6. The Hall–Kier alpha value is -3.19. The van der Waals surface area contributed by atoms with E-state index in [4.69, 9.17) is 4.52 Å². The fourth-order valence-electron chi connectivity index (χ4n) is 4.51. The number of nitrogens with zero attached hydrogens (tertiary/aromatic N) is 1. The second-order valence-corrected chi connectivity index (χ2v) is 11.9.